The van der Waals surface area contributed by atoms with Gasteiger partial charge in [-0.3, -0.25) is 4.79 Å². The fourth-order valence-electron chi connectivity index (χ4n) is 1.35. The summed E-state index contributed by atoms with van der Waals surface area (Å²) in [6, 6.07) is 2.86. The van der Waals surface area contributed by atoms with E-state index in [9.17, 15) is 13.6 Å². The molecule has 0 aliphatic heterocycles. The molecule has 0 heterocycles. The fourth-order valence-corrected chi connectivity index (χ4v) is 1.35. The molecule has 0 aromatic heterocycles. The van der Waals surface area contributed by atoms with Crippen molar-refractivity contribution in [3.05, 3.63) is 29.8 Å². The summed E-state index contributed by atoms with van der Waals surface area (Å²) >= 11 is 0. The Morgan fingerprint density at radius 1 is 1.39 bits per heavy atom. The van der Waals surface area contributed by atoms with Crippen LogP contribution in [0.5, 0.6) is 5.75 Å². The highest BCUT2D eigenvalue weighted by molar-refractivity contribution is 5.67. The number of nitrogens with zero attached hydrogens (tertiary/aromatic N) is 1. The van der Waals surface area contributed by atoms with Crippen LogP contribution in [0.1, 0.15) is 6.42 Å². The highest BCUT2D eigenvalue weighted by Crippen LogP contribution is 2.16. The number of carboxylic acids is 1. The molecule has 0 fully saturated rings. The lowest BCUT2D eigenvalue weighted by Crippen LogP contribution is -2.35. The summed E-state index contributed by atoms with van der Waals surface area (Å²) in [5.41, 5.74) is 0. The Morgan fingerprint density at radius 3 is 2.56 bits per heavy atom. The van der Waals surface area contributed by atoms with Crippen LogP contribution in [-0.4, -0.2) is 42.7 Å². The fraction of sp³-hybridized carbons (Fsp3) is 0.417. The van der Waals surface area contributed by atoms with Gasteiger partial charge in [-0.25, -0.2) is 8.78 Å². The van der Waals surface area contributed by atoms with Gasteiger partial charge in [-0.15, -0.1) is 0 Å². The van der Waals surface area contributed by atoms with Gasteiger partial charge in [0.05, 0.1) is 12.5 Å². The summed E-state index contributed by atoms with van der Waals surface area (Å²) in [4.78, 5) is 12.3. The monoisotopic (exact) mass is 259 g/mol. The number of carboxylic acid groups (broad SMARTS) is 1. The molecule has 1 unspecified atom stereocenters. The van der Waals surface area contributed by atoms with Crippen molar-refractivity contribution in [2.24, 2.45) is 0 Å². The number of hydrogen-bond donors (Lipinski definition) is 1. The summed E-state index contributed by atoms with van der Waals surface area (Å²) < 4.78 is 30.8. The third-order valence-electron chi connectivity index (χ3n) is 2.47. The first-order chi connectivity index (χ1) is 8.40. The Morgan fingerprint density at radius 2 is 2.06 bits per heavy atom. The first-order valence-electron chi connectivity index (χ1n) is 5.36. The second-order valence-corrected chi connectivity index (χ2v) is 4.10. The van der Waals surface area contributed by atoms with E-state index in [0.29, 0.717) is 0 Å². The lowest BCUT2D eigenvalue weighted by Gasteiger charge is -2.22. The van der Waals surface area contributed by atoms with Crippen LogP contribution in [0.2, 0.25) is 0 Å². The lowest BCUT2D eigenvalue weighted by atomic mass is 10.2. The lowest BCUT2D eigenvalue weighted by molar-refractivity contribution is -0.138. The summed E-state index contributed by atoms with van der Waals surface area (Å²) in [5.74, 6) is -2.71. The number of likely N-dealkylation sites (N-methyl/N-ethyl adjacent to an activating group) is 1. The molecule has 100 valence electrons. The third kappa shape index (κ3) is 4.29. The zero-order chi connectivity index (χ0) is 13.7. The molecule has 0 spiro atoms. The summed E-state index contributed by atoms with van der Waals surface area (Å²) in [6.07, 6.45) is -0.0866. The van der Waals surface area contributed by atoms with E-state index in [1.807, 2.05) is 0 Å². The van der Waals surface area contributed by atoms with Gasteiger partial charge in [-0.05, 0) is 26.2 Å². The van der Waals surface area contributed by atoms with Gasteiger partial charge in [0, 0.05) is 6.07 Å². The third-order valence-corrected chi connectivity index (χ3v) is 2.47. The van der Waals surface area contributed by atoms with Crippen LogP contribution in [0, 0.1) is 11.6 Å². The number of benzene rings is 1. The molecule has 0 aliphatic rings. The number of hydrogen-bond acceptors (Lipinski definition) is 3. The molecule has 6 heteroatoms. The molecule has 0 amide bonds. The second kappa shape index (κ2) is 6.30. The van der Waals surface area contributed by atoms with Gasteiger partial charge in [0.1, 0.15) is 12.4 Å². The normalized spacial score (nSPS) is 12.5. The van der Waals surface area contributed by atoms with Crippen LogP contribution in [0.4, 0.5) is 8.78 Å². The van der Waals surface area contributed by atoms with Crippen LogP contribution < -0.4 is 4.74 Å². The van der Waals surface area contributed by atoms with Gasteiger partial charge in [0.2, 0.25) is 0 Å². The van der Waals surface area contributed by atoms with E-state index >= 15 is 0 Å². The molecule has 0 aliphatic carbocycles. The highest BCUT2D eigenvalue weighted by atomic mass is 19.2. The first kappa shape index (κ1) is 14.4. The Kier molecular flexibility index (Phi) is 5.03. The van der Waals surface area contributed by atoms with Crippen molar-refractivity contribution in [3.63, 3.8) is 0 Å². The largest absolute Gasteiger partial charge is 0.492 e. The molecule has 0 bridgehead atoms. The number of carbonyl (C=O) groups is 1. The molecule has 1 rings (SSSR count). The zero-order valence-electron chi connectivity index (χ0n) is 10.2. The average molecular weight is 259 g/mol. The van der Waals surface area contributed by atoms with Crippen LogP contribution in [0.3, 0.4) is 0 Å². The predicted octanol–water partition coefficient (Wildman–Crippen LogP) is 1.75. The highest BCUT2D eigenvalue weighted by Gasteiger charge is 2.16. The molecule has 1 atom stereocenters. The molecule has 1 aromatic rings. The standard InChI is InChI=1S/C12H15F2NO3/c1-15(2)8(5-12(16)17)7-18-9-3-4-10(13)11(14)6-9/h3-4,6,8H,5,7H2,1-2H3,(H,16,17). The van der Waals surface area contributed by atoms with Crippen molar-refractivity contribution >= 4 is 5.97 Å². The molecule has 0 saturated carbocycles. The Labute approximate surface area is 104 Å². The average Bonchev–Trinajstić information content (AvgIpc) is 2.28. The Bertz CT molecular complexity index is 424. The topological polar surface area (TPSA) is 49.8 Å². The van der Waals surface area contributed by atoms with E-state index in [1.165, 1.54) is 6.07 Å². The summed E-state index contributed by atoms with van der Waals surface area (Å²) in [5, 5.41) is 8.72. The SMILES string of the molecule is CN(C)C(COc1ccc(F)c(F)c1)CC(=O)O. The van der Waals surface area contributed by atoms with E-state index in [0.717, 1.165) is 12.1 Å². The Balaban J connectivity index is 2.61. The first-order valence-corrected chi connectivity index (χ1v) is 5.36. The van der Waals surface area contributed by atoms with Gasteiger partial charge >= 0.3 is 5.97 Å². The van der Waals surface area contributed by atoms with E-state index in [-0.39, 0.29) is 24.8 Å². The smallest absolute Gasteiger partial charge is 0.305 e. The zero-order valence-corrected chi connectivity index (χ0v) is 10.2. The van der Waals surface area contributed by atoms with E-state index in [1.54, 1.807) is 19.0 Å². The van der Waals surface area contributed by atoms with Crippen LogP contribution >= 0.6 is 0 Å². The maximum atomic E-state index is 12.9. The van der Waals surface area contributed by atoms with Crippen molar-refractivity contribution < 1.29 is 23.4 Å². The van der Waals surface area contributed by atoms with Crippen molar-refractivity contribution in [2.45, 2.75) is 12.5 Å². The van der Waals surface area contributed by atoms with E-state index in [4.69, 9.17) is 9.84 Å². The van der Waals surface area contributed by atoms with Crippen molar-refractivity contribution in [3.8, 4) is 5.75 Å². The number of ether oxygens (including phenoxy) is 1. The molecule has 0 saturated heterocycles. The van der Waals surface area contributed by atoms with Crippen LogP contribution in [0.15, 0.2) is 18.2 Å². The molecular weight excluding hydrogens is 244 g/mol. The minimum Gasteiger partial charge on any atom is -0.492 e. The van der Waals surface area contributed by atoms with Crippen molar-refractivity contribution in [1.82, 2.24) is 4.90 Å². The molecular formula is C12H15F2NO3. The predicted molar refractivity (Wildman–Crippen MR) is 61.6 cm³/mol. The van der Waals surface area contributed by atoms with Gasteiger partial charge < -0.3 is 14.7 Å². The Hall–Kier alpha value is -1.69. The van der Waals surface area contributed by atoms with Crippen molar-refractivity contribution in [1.29, 1.82) is 0 Å². The molecule has 1 aromatic carbocycles. The summed E-state index contributed by atoms with van der Waals surface area (Å²) in [7, 11) is 3.45. The number of halogens is 2. The van der Waals surface area contributed by atoms with Crippen LogP contribution in [-0.2, 0) is 4.79 Å². The molecule has 18 heavy (non-hydrogen) atoms. The van der Waals surface area contributed by atoms with E-state index in [2.05, 4.69) is 0 Å². The van der Waals surface area contributed by atoms with Gasteiger partial charge in [-0.2, -0.15) is 0 Å². The minimum absolute atomic E-state index is 0.0866. The number of rotatable bonds is 6. The molecule has 4 nitrogen and oxygen atoms in total. The second-order valence-electron chi connectivity index (χ2n) is 4.10. The maximum Gasteiger partial charge on any atom is 0.305 e. The minimum atomic E-state index is -0.993. The van der Waals surface area contributed by atoms with Crippen molar-refractivity contribution in [2.75, 3.05) is 20.7 Å². The van der Waals surface area contributed by atoms with Gasteiger partial charge in [0.25, 0.3) is 0 Å². The van der Waals surface area contributed by atoms with Gasteiger partial charge in [0.15, 0.2) is 11.6 Å². The maximum absolute atomic E-state index is 12.9. The number of aliphatic carboxylic acids is 1. The van der Waals surface area contributed by atoms with Crippen LogP contribution in [0.25, 0.3) is 0 Å². The quantitative estimate of drug-likeness (QED) is 0.845. The molecule has 1 N–H and O–H groups in total. The summed E-state index contributed by atoms with van der Waals surface area (Å²) in [6.45, 7) is 0.0877. The van der Waals surface area contributed by atoms with E-state index < -0.39 is 17.6 Å². The molecule has 0 radical (unpaired) electrons. The van der Waals surface area contributed by atoms with Gasteiger partial charge in [-0.1, -0.05) is 0 Å².